The van der Waals surface area contributed by atoms with Gasteiger partial charge in [-0.2, -0.15) is 0 Å². The fourth-order valence-electron chi connectivity index (χ4n) is 2.64. The number of anilines is 1. The molecule has 3 aromatic rings. The van der Waals surface area contributed by atoms with Crippen LogP contribution < -0.4 is 20.5 Å². The molecule has 0 aliphatic rings. The summed E-state index contributed by atoms with van der Waals surface area (Å²) in [7, 11) is 3.12. The standard InChI is InChI=1S/C19H20ClN5O3/c1-27-15-8-7-12(9-16(15)28-2)10-22-19(26)17-18(21)25(24-23-17)11-13-5-3-4-6-14(13)20/h3-9H,10-11,21H2,1-2H3,(H,22,26). The smallest absolute Gasteiger partial charge is 0.275 e. The Hall–Kier alpha value is -3.26. The van der Waals surface area contributed by atoms with Gasteiger partial charge in [0.25, 0.3) is 5.91 Å². The van der Waals surface area contributed by atoms with Crippen LogP contribution in [0.2, 0.25) is 5.02 Å². The summed E-state index contributed by atoms with van der Waals surface area (Å²) in [6.07, 6.45) is 0. The second kappa shape index (κ2) is 8.62. The van der Waals surface area contributed by atoms with E-state index in [1.54, 1.807) is 32.4 Å². The van der Waals surface area contributed by atoms with E-state index in [2.05, 4.69) is 15.6 Å². The Morgan fingerprint density at radius 3 is 2.64 bits per heavy atom. The Bertz CT molecular complexity index is 989. The van der Waals surface area contributed by atoms with Crippen molar-refractivity contribution in [3.05, 3.63) is 64.3 Å². The normalized spacial score (nSPS) is 10.5. The molecule has 2 aromatic carbocycles. The van der Waals surface area contributed by atoms with Crippen molar-refractivity contribution in [2.45, 2.75) is 13.1 Å². The molecule has 9 heteroatoms. The van der Waals surface area contributed by atoms with Gasteiger partial charge < -0.3 is 20.5 Å². The molecule has 0 unspecified atom stereocenters. The molecule has 28 heavy (non-hydrogen) atoms. The first-order chi connectivity index (χ1) is 13.5. The van der Waals surface area contributed by atoms with Gasteiger partial charge in [0.15, 0.2) is 23.0 Å². The number of nitrogens with zero attached hydrogens (tertiary/aromatic N) is 3. The minimum absolute atomic E-state index is 0.0625. The fraction of sp³-hybridized carbons (Fsp3) is 0.211. The average molecular weight is 402 g/mol. The molecule has 1 aromatic heterocycles. The molecule has 0 aliphatic heterocycles. The Kier molecular flexibility index (Phi) is 6.00. The van der Waals surface area contributed by atoms with Crippen LogP contribution in [0.5, 0.6) is 11.5 Å². The molecule has 146 valence electrons. The molecule has 1 heterocycles. The molecule has 3 N–H and O–H groups in total. The van der Waals surface area contributed by atoms with Crippen LogP contribution in [0.15, 0.2) is 42.5 Å². The number of ether oxygens (including phenoxy) is 2. The van der Waals surface area contributed by atoms with E-state index < -0.39 is 5.91 Å². The van der Waals surface area contributed by atoms with E-state index in [-0.39, 0.29) is 18.1 Å². The van der Waals surface area contributed by atoms with Gasteiger partial charge in [-0.1, -0.05) is 41.1 Å². The van der Waals surface area contributed by atoms with Gasteiger partial charge in [-0.15, -0.1) is 5.10 Å². The lowest BCUT2D eigenvalue weighted by Crippen LogP contribution is -2.24. The van der Waals surface area contributed by atoms with E-state index in [0.717, 1.165) is 11.1 Å². The van der Waals surface area contributed by atoms with Crippen LogP contribution in [-0.2, 0) is 13.1 Å². The fourth-order valence-corrected chi connectivity index (χ4v) is 2.84. The molecular formula is C19H20ClN5O3. The Morgan fingerprint density at radius 1 is 1.18 bits per heavy atom. The van der Waals surface area contributed by atoms with E-state index in [1.807, 2.05) is 24.3 Å². The molecule has 0 atom stereocenters. The minimum Gasteiger partial charge on any atom is -0.493 e. The van der Waals surface area contributed by atoms with Crippen LogP contribution in [0, 0.1) is 0 Å². The molecule has 0 saturated heterocycles. The molecule has 0 saturated carbocycles. The quantitative estimate of drug-likeness (QED) is 0.630. The topological polar surface area (TPSA) is 104 Å². The van der Waals surface area contributed by atoms with Crippen molar-refractivity contribution >= 4 is 23.3 Å². The lowest BCUT2D eigenvalue weighted by atomic mass is 10.2. The van der Waals surface area contributed by atoms with Crippen LogP contribution >= 0.6 is 11.6 Å². The number of hydrogen-bond acceptors (Lipinski definition) is 6. The second-order valence-corrected chi connectivity index (χ2v) is 6.35. The van der Waals surface area contributed by atoms with Gasteiger partial charge in [0.1, 0.15) is 0 Å². The lowest BCUT2D eigenvalue weighted by molar-refractivity contribution is 0.0946. The summed E-state index contributed by atoms with van der Waals surface area (Å²) >= 11 is 6.16. The summed E-state index contributed by atoms with van der Waals surface area (Å²) in [5.41, 5.74) is 7.79. The molecular weight excluding hydrogens is 382 g/mol. The number of nitrogens with one attached hydrogen (secondary N) is 1. The predicted octanol–water partition coefficient (Wildman–Crippen LogP) is 2.51. The van der Waals surface area contributed by atoms with Gasteiger partial charge in [0.2, 0.25) is 0 Å². The van der Waals surface area contributed by atoms with Crippen molar-refractivity contribution in [1.29, 1.82) is 0 Å². The number of carbonyl (C=O) groups is 1. The van der Waals surface area contributed by atoms with Crippen molar-refractivity contribution in [2.24, 2.45) is 0 Å². The molecule has 0 fully saturated rings. The molecule has 1 amide bonds. The zero-order valence-electron chi connectivity index (χ0n) is 15.5. The molecule has 0 bridgehead atoms. The number of amides is 1. The van der Waals surface area contributed by atoms with E-state index in [0.29, 0.717) is 23.1 Å². The van der Waals surface area contributed by atoms with Crippen LogP contribution in [0.25, 0.3) is 0 Å². The maximum Gasteiger partial charge on any atom is 0.275 e. The lowest BCUT2D eigenvalue weighted by Gasteiger charge is -2.10. The van der Waals surface area contributed by atoms with Crippen LogP contribution in [0.4, 0.5) is 5.82 Å². The van der Waals surface area contributed by atoms with Gasteiger partial charge >= 0.3 is 0 Å². The predicted molar refractivity (Wildman–Crippen MR) is 106 cm³/mol. The number of nitrogen functional groups attached to an aromatic ring is 1. The average Bonchev–Trinajstić information content (AvgIpc) is 3.08. The monoisotopic (exact) mass is 401 g/mol. The first-order valence-corrected chi connectivity index (χ1v) is 8.82. The largest absolute Gasteiger partial charge is 0.493 e. The van der Waals surface area contributed by atoms with E-state index in [4.69, 9.17) is 26.8 Å². The number of carbonyl (C=O) groups excluding carboxylic acids is 1. The van der Waals surface area contributed by atoms with Crippen molar-refractivity contribution in [2.75, 3.05) is 20.0 Å². The number of rotatable bonds is 7. The molecule has 0 spiro atoms. The highest BCUT2D eigenvalue weighted by Gasteiger charge is 2.18. The summed E-state index contributed by atoms with van der Waals surface area (Å²) in [6.45, 7) is 0.595. The van der Waals surface area contributed by atoms with Crippen molar-refractivity contribution in [1.82, 2.24) is 20.3 Å². The Morgan fingerprint density at radius 2 is 1.93 bits per heavy atom. The number of nitrogens with two attached hydrogens (primary N) is 1. The first-order valence-electron chi connectivity index (χ1n) is 8.45. The van der Waals surface area contributed by atoms with E-state index >= 15 is 0 Å². The Labute approximate surface area is 167 Å². The molecule has 8 nitrogen and oxygen atoms in total. The number of benzene rings is 2. The summed E-state index contributed by atoms with van der Waals surface area (Å²) < 4.78 is 11.9. The zero-order valence-corrected chi connectivity index (χ0v) is 16.2. The van der Waals surface area contributed by atoms with Crippen LogP contribution in [0.3, 0.4) is 0 Å². The van der Waals surface area contributed by atoms with Crippen molar-refractivity contribution < 1.29 is 14.3 Å². The van der Waals surface area contributed by atoms with E-state index in [9.17, 15) is 4.79 Å². The van der Waals surface area contributed by atoms with Gasteiger partial charge in [-0.3, -0.25) is 4.79 Å². The number of methoxy groups -OCH3 is 2. The van der Waals surface area contributed by atoms with Gasteiger partial charge in [0, 0.05) is 11.6 Å². The highest BCUT2D eigenvalue weighted by atomic mass is 35.5. The summed E-state index contributed by atoms with van der Waals surface area (Å²) in [5.74, 6) is 0.950. The maximum atomic E-state index is 12.5. The first kappa shape index (κ1) is 19.5. The third-order valence-electron chi connectivity index (χ3n) is 4.17. The van der Waals surface area contributed by atoms with Gasteiger partial charge in [-0.05, 0) is 29.3 Å². The number of aromatic nitrogens is 3. The zero-order chi connectivity index (χ0) is 20.1. The summed E-state index contributed by atoms with van der Waals surface area (Å²) in [6, 6.07) is 12.7. The highest BCUT2D eigenvalue weighted by molar-refractivity contribution is 6.31. The number of hydrogen-bond donors (Lipinski definition) is 2. The summed E-state index contributed by atoms with van der Waals surface area (Å²) in [5, 5.41) is 11.2. The highest BCUT2D eigenvalue weighted by Crippen LogP contribution is 2.27. The summed E-state index contributed by atoms with van der Waals surface area (Å²) in [4.78, 5) is 12.5. The minimum atomic E-state index is -0.419. The third-order valence-corrected chi connectivity index (χ3v) is 4.54. The third kappa shape index (κ3) is 4.17. The van der Waals surface area contributed by atoms with Gasteiger partial charge in [0.05, 0.1) is 20.8 Å². The maximum absolute atomic E-state index is 12.5. The van der Waals surface area contributed by atoms with Crippen molar-refractivity contribution in [3.8, 4) is 11.5 Å². The molecule has 3 rings (SSSR count). The van der Waals surface area contributed by atoms with E-state index in [1.165, 1.54) is 4.68 Å². The molecule has 0 radical (unpaired) electrons. The molecule has 0 aliphatic carbocycles. The Balaban J connectivity index is 1.68. The SMILES string of the molecule is COc1ccc(CNC(=O)c2nnn(Cc3ccccc3Cl)c2N)cc1OC. The van der Waals surface area contributed by atoms with Crippen LogP contribution in [-0.4, -0.2) is 35.1 Å². The number of halogens is 1. The van der Waals surface area contributed by atoms with Crippen molar-refractivity contribution in [3.63, 3.8) is 0 Å². The second-order valence-electron chi connectivity index (χ2n) is 5.94. The van der Waals surface area contributed by atoms with Gasteiger partial charge in [-0.25, -0.2) is 4.68 Å². The van der Waals surface area contributed by atoms with Crippen LogP contribution in [0.1, 0.15) is 21.6 Å².